The highest BCUT2D eigenvalue weighted by molar-refractivity contribution is 7.92. The van der Waals surface area contributed by atoms with Crippen molar-refractivity contribution in [1.82, 2.24) is 0 Å². The summed E-state index contributed by atoms with van der Waals surface area (Å²) in [6, 6.07) is 6.75. The van der Waals surface area contributed by atoms with E-state index in [1.54, 1.807) is 24.3 Å². The van der Waals surface area contributed by atoms with Crippen LogP contribution in [0.2, 0.25) is 0 Å². The van der Waals surface area contributed by atoms with Crippen LogP contribution in [0.4, 0.5) is 11.4 Å². The van der Waals surface area contributed by atoms with Crippen molar-refractivity contribution in [3.8, 4) is 0 Å². The highest BCUT2D eigenvalue weighted by Crippen LogP contribution is 2.64. The minimum Gasteiger partial charge on any atom is -0.397 e. The number of fused-ring (bicyclic) bond motifs is 2. The van der Waals surface area contributed by atoms with Gasteiger partial charge in [0.15, 0.2) is 0 Å². The van der Waals surface area contributed by atoms with E-state index in [1.807, 2.05) is 13.8 Å². The Labute approximate surface area is 131 Å². The minimum absolute atomic E-state index is 0.0974. The van der Waals surface area contributed by atoms with Crippen LogP contribution in [0.3, 0.4) is 0 Å². The Kier molecular flexibility index (Phi) is 3.29. The van der Waals surface area contributed by atoms with E-state index in [-0.39, 0.29) is 17.0 Å². The van der Waals surface area contributed by atoms with Gasteiger partial charge in [-0.1, -0.05) is 26.0 Å². The first-order valence-corrected chi connectivity index (χ1v) is 9.21. The number of hydrogen-bond acceptors (Lipinski definition) is 4. The van der Waals surface area contributed by atoms with Crippen LogP contribution in [0.1, 0.15) is 33.1 Å². The third-order valence-corrected chi connectivity index (χ3v) is 7.21. The van der Waals surface area contributed by atoms with Gasteiger partial charge in [0.2, 0.25) is 10.0 Å². The Morgan fingerprint density at radius 2 is 2.00 bits per heavy atom. The topological polar surface area (TPSA) is 89.3 Å². The molecule has 2 unspecified atom stereocenters. The first-order valence-electron chi connectivity index (χ1n) is 7.56. The van der Waals surface area contributed by atoms with Crippen molar-refractivity contribution in [2.75, 3.05) is 16.2 Å². The van der Waals surface area contributed by atoms with E-state index in [1.165, 1.54) is 0 Å². The van der Waals surface area contributed by atoms with Gasteiger partial charge in [0.1, 0.15) is 5.78 Å². The van der Waals surface area contributed by atoms with Gasteiger partial charge in [-0.05, 0) is 36.3 Å². The predicted octanol–water partition coefficient (Wildman–Crippen LogP) is 2.41. The van der Waals surface area contributed by atoms with Crippen molar-refractivity contribution >= 4 is 27.2 Å². The second kappa shape index (κ2) is 4.72. The minimum atomic E-state index is -3.64. The molecule has 2 fully saturated rings. The van der Waals surface area contributed by atoms with E-state index in [0.717, 1.165) is 6.42 Å². The number of Topliss-reactive ketones (excluding diaryl/α,β-unsaturated/α-hetero) is 1. The fourth-order valence-electron chi connectivity index (χ4n) is 4.23. The lowest BCUT2D eigenvalue weighted by atomic mass is 9.70. The highest BCUT2D eigenvalue weighted by Gasteiger charge is 2.65. The molecule has 2 aliphatic rings. The molecule has 0 heterocycles. The van der Waals surface area contributed by atoms with Crippen molar-refractivity contribution in [3.05, 3.63) is 24.3 Å². The maximum Gasteiger partial charge on any atom is 0.233 e. The monoisotopic (exact) mass is 322 g/mol. The summed E-state index contributed by atoms with van der Waals surface area (Å²) in [5, 5.41) is 0. The SMILES string of the molecule is CC1(C)C2CCC1(CS(=O)(=O)Nc1ccccc1N)C(=O)C2. The number of anilines is 2. The number of para-hydroxylation sites is 2. The summed E-state index contributed by atoms with van der Waals surface area (Å²) in [4.78, 5) is 12.5. The number of nitrogen functional groups attached to an aromatic ring is 1. The van der Waals surface area contributed by atoms with E-state index >= 15 is 0 Å². The predicted molar refractivity (Wildman–Crippen MR) is 86.8 cm³/mol. The average molecular weight is 322 g/mol. The fourth-order valence-corrected chi connectivity index (χ4v) is 6.15. The molecule has 0 spiro atoms. The lowest BCUT2D eigenvalue weighted by molar-refractivity contribution is -0.128. The molecule has 120 valence electrons. The second-order valence-corrected chi connectivity index (χ2v) is 8.84. The van der Waals surface area contributed by atoms with E-state index in [0.29, 0.717) is 30.1 Å². The molecule has 0 radical (unpaired) electrons. The van der Waals surface area contributed by atoms with Gasteiger partial charge in [-0.3, -0.25) is 9.52 Å². The molecule has 6 heteroatoms. The number of carbonyl (C=O) groups excluding carboxylic acids is 1. The van der Waals surface area contributed by atoms with Gasteiger partial charge in [-0.25, -0.2) is 8.42 Å². The molecule has 2 aliphatic carbocycles. The largest absolute Gasteiger partial charge is 0.397 e. The molecule has 0 saturated heterocycles. The summed E-state index contributed by atoms with van der Waals surface area (Å²) in [5.41, 5.74) is 5.53. The number of nitrogens with two attached hydrogens (primary N) is 1. The molecule has 0 aromatic heterocycles. The van der Waals surface area contributed by atoms with Crippen molar-refractivity contribution < 1.29 is 13.2 Å². The molecular formula is C16H22N2O3S. The molecular weight excluding hydrogens is 300 g/mol. The Balaban J connectivity index is 1.89. The molecule has 0 amide bonds. The molecule has 2 bridgehead atoms. The normalized spacial score (nSPS) is 29.7. The van der Waals surface area contributed by atoms with E-state index < -0.39 is 15.4 Å². The number of nitrogens with one attached hydrogen (secondary N) is 1. The first-order chi connectivity index (χ1) is 10.2. The molecule has 0 aliphatic heterocycles. The number of carbonyl (C=O) groups is 1. The van der Waals surface area contributed by atoms with Crippen molar-refractivity contribution in [2.45, 2.75) is 33.1 Å². The molecule has 5 nitrogen and oxygen atoms in total. The molecule has 2 saturated carbocycles. The number of sulfonamides is 1. The first kappa shape index (κ1) is 15.3. The fraction of sp³-hybridized carbons (Fsp3) is 0.562. The van der Waals surface area contributed by atoms with Crippen LogP contribution < -0.4 is 10.5 Å². The van der Waals surface area contributed by atoms with Gasteiger partial charge < -0.3 is 5.73 Å². The summed E-state index contributed by atoms with van der Waals surface area (Å²) in [6.07, 6.45) is 2.10. The van der Waals surface area contributed by atoms with Crippen molar-refractivity contribution in [3.63, 3.8) is 0 Å². The van der Waals surface area contributed by atoms with E-state index in [9.17, 15) is 13.2 Å². The van der Waals surface area contributed by atoms with Gasteiger partial charge in [0.05, 0.1) is 22.5 Å². The lowest BCUT2D eigenvalue weighted by Crippen LogP contribution is -2.43. The van der Waals surface area contributed by atoms with Gasteiger partial charge in [-0.2, -0.15) is 0 Å². The van der Waals surface area contributed by atoms with Gasteiger partial charge in [0, 0.05) is 6.42 Å². The molecule has 22 heavy (non-hydrogen) atoms. The second-order valence-electron chi connectivity index (χ2n) is 7.12. The summed E-state index contributed by atoms with van der Waals surface area (Å²) in [5.74, 6) is 0.244. The summed E-state index contributed by atoms with van der Waals surface area (Å²) < 4.78 is 27.8. The summed E-state index contributed by atoms with van der Waals surface area (Å²) in [7, 11) is -3.64. The third-order valence-electron chi connectivity index (χ3n) is 5.80. The smallest absolute Gasteiger partial charge is 0.233 e. The van der Waals surface area contributed by atoms with Crippen molar-refractivity contribution in [1.29, 1.82) is 0 Å². The zero-order chi connectivity index (χ0) is 16.2. The number of ketones is 1. The quantitative estimate of drug-likeness (QED) is 0.833. The van der Waals surface area contributed by atoms with Gasteiger partial charge >= 0.3 is 0 Å². The Bertz CT molecular complexity index is 727. The van der Waals surface area contributed by atoms with Crippen LogP contribution in [0.15, 0.2) is 24.3 Å². The molecule has 2 atom stereocenters. The zero-order valence-electron chi connectivity index (χ0n) is 12.9. The number of benzene rings is 1. The van der Waals surface area contributed by atoms with E-state index in [4.69, 9.17) is 5.73 Å². The molecule has 3 rings (SSSR count). The number of hydrogen-bond donors (Lipinski definition) is 2. The Morgan fingerprint density at radius 1 is 1.32 bits per heavy atom. The zero-order valence-corrected chi connectivity index (χ0v) is 13.7. The van der Waals surface area contributed by atoms with Crippen LogP contribution in [-0.2, 0) is 14.8 Å². The van der Waals surface area contributed by atoms with E-state index in [2.05, 4.69) is 4.72 Å². The van der Waals surface area contributed by atoms with Crippen molar-refractivity contribution in [2.24, 2.45) is 16.7 Å². The standard InChI is InChI=1S/C16H22N2O3S/c1-15(2)11-7-8-16(15,14(19)9-11)10-22(20,21)18-13-6-4-3-5-12(13)17/h3-6,11,18H,7-10,17H2,1-2H3. The third kappa shape index (κ3) is 2.12. The maximum absolute atomic E-state index is 12.6. The van der Waals surface area contributed by atoms with Crippen LogP contribution in [0.5, 0.6) is 0 Å². The summed E-state index contributed by atoms with van der Waals surface area (Å²) >= 11 is 0. The molecule has 1 aromatic rings. The van der Waals surface area contributed by atoms with Crippen LogP contribution >= 0.6 is 0 Å². The number of rotatable bonds is 4. The maximum atomic E-state index is 12.6. The molecule has 1 aromatic carbocycles. The van der Waals surface area contributed by atoms with Crippen LogP contribution in [0.25, 0.3) is 0 Å². The van der Waals surface area contributed by atoms with Gasteiger partial charge in [-0.15, -0.1) is 0 Å². The van der Waals surface area contributed by atoms with Crippen LogP contribution in [0, 0.1) is 16.7 Å². The van der Waals surface area contributed by atoms with Crippen LogP contribution in [-0.4, -0.2) is 20.0 Å². The van der Waals surface area contributed by atoms with Gasteiger partial charge in [0.25, 0.3) is 0 Å². The highest BCUT2D eigenvalue weighted by atomic mass is 32.2. The Hall–Kier alpha value is -1.56. The average Bonchev–Trinajstić information content (AvgIpc) is 2.74. The lowest BCUT2D eigenvalue weighted by Gasteiger charge is -2.36. The Morgan fingerprint density at radius 3 is 2.55 bits per heavy atom. The summed E-state index contributed by atoms with van der Waals surface area (Å²) in [6.45, 7) is 4.06. The molecule has 3 N–H and O–H groups in total.